The molecule has 3 aromatic carbocycles. The Kier molecular flexibility index (Phi) is 6.63. The molecule has 1 atom stereocenters. The molecule has 1 N–H and O–H groups in total. The lowest BCUT2D eigenvalue weighted by atomic mass is 9.94. The van der Waals surface area contributed by atoms with Crippen LogP contribution in [0.4, 0.5) is 0 Å². The van der Waals surface area contributed by atoms with Gasteiger partial charge in [0, 0.05) is 17.0 Å². The molecule has 1 aliphatic heterocycles. The number of aliphatic hydroxyl groups is 1. The highest BCUT2D eigenvalue weighted by Gasteiger charge is 2.44. The molecule has 37 heavy (non-hydrogen) atoms. The second-order valence-corrected chi connectivity index (χ2v) is 9.01. The molecule has 4 aromatic rings. The number of carbonyl (C=O) groups is 2. The number of carbonyl (C=O) groups excluding carboxylic acids is 2. The Labute approximate surface area is 218 Å². The number of hydrogen-bond donors (Lipinski definition) is 1. The predicted octanol–water partition coefficient (Wildman–Crippen LogP) is 6.27. The third-order valence-corrected chi connectivity index (χ3v) is 6.48. The maximum atomic E-state index is 13.8. The summed E-state index contributed by atoms with van der Waals surface area (Å²) in [5.41, 5.74) is 1.85. The molecular weight excluding hydrogens is 494 g/mol. The molecule has 0 spiro atoms. The Hall–Kier alpha value is -4.23. The topological polar surface area (TPSA) is 89.2 Å². The van der Waals surface area contributed by atoms with E-state index in [9.17, 15) is 14.7 Å². The van der Waals surface area contributed by atoms with Gasteiger partial charge in [-0.3, -0.25) is 9.59 Å². The van der Waals surface area contributed by atoms with Crippen molar-refractivity contribution in [3.8, 4) is 11.5 Å². The number of benzene rings is 3. The normalized spacial score (nSPS) is 15.5. The number of furan rings is 1. The molecule has 2 heterocycles. The molecule has 188 valence electrons. The van der Waals surface area contributed by atoms with Crippen molar-refractivity contribution in [2.75, 3.05) is 13.7 Å². The van der Waals surface area contributed by atoms with Gasteiger partial charge in [0.05, 0.1) is 25.3 Å². The van der Waals surface area contributed by atoms with Crippen LogP contribution < -0.4 is 9.47 Å². The summed E-state index contributed by atoms with van der Waals surface area (Å²) in [5.74, 6) is -0.562. The quantitative estimate of drug-likeness (QED) is 0.277. The Morgan fingerprint density at radius 2 is 1.84 bits per heavy atom. The van der Waals surface area contributed by atoms with Gasteiger partial charge in [-0.2, -0.15) is 0 Å². The fraction of sp³-hybridized carbons (Fsp3) is 0.172. The van der Waals surface area contributed by atoms with Gasteiger partial charge < -0.3 is 23.9 Å². The zero-order valence-corrected chi connectivity index (χ0v) is 21.0. The molecule has 1 aliphatic rings. The molecule has 7 nitrogen and oxygen atoms in total. The van der Waals surface area contributed by atoms with Crippen molar-refractivity contribution in [3.63, 3.8) is 0 Å². The van der Waals surface area contributed by atoms with Crippen molar-refractivity contribution in [3.05, 3.63) is 106 Å². The highest BCUT2D eigenvalue weighted by Crippen LogP contribution is 2.41. The fourth-order valence-electron chi connectivity index (χ4n) is 4.52. The van der Waals surface area contributed by atoms with Crippen LogP contribution in [0, 0.1) is 0 Å². The van der Waals surface area contributed by atoms with Gasteiger partial charge in [-0.15, -0.1) is 0 Å². The summed E-state index contributed by atoms with van der Waals surface area (Å²) in [4.78, 5) is 28.6. The Bertz CT molecular complexity index is 1520. The molecule has 0 radical (unpaired) electrons. The minimum atomic E-state index is -0.862. The van der Waals surface area contributed by atoms with Gasteiger partial charge in [-0.05, 0) is 66.6 Å². The highest BCUT2D eigenvalue weighted by atomic mass is 35.5. The summed E-state index contributed by atoms with van der Waals surface area (Å²) in [7, 11) is 1.58. The van der Waals surface area contributed by atoms with Crippen LogP contribution in [0.5, 0.6) is 11.5 Å². The van der Waals surface area contributed by atoms with Crippen molar-refractivity contribution in [1.29, 1.82) is 0 Å². The molecule has 0 fully saturated rings. The van der Waals surface area contributed by atoms with E-state index < -0.39 is 23.5 Å². The summed E-state index contributed by atoms with van der Waals surface area (Å²) in [6.07, 6.45) is 0. The second-order valence-electron chi connectivity index (χ2n) is 8.57. The van der Waals surface area contributed by atoms with Crippen LogP contribution in [0.25, 0.3) is 11.0 Å². The predicted molar refractivity (Wildman–Crippen MR) is 139 cm³/mol. The lowest BCUT2D eigenvalue weighted by Crippen LogP contribution is -2.30. The van der Waals surface area contributed by atoms with Crippen LogP contribution >= 0.6 is 11.6 Å². The van der Waals surface area contributed by atoms with E-state index in [0.29, 0.717) is 39.7 Å². The van der Waals surface area contributed by atoms with Gasteiger partial charge >= 0.3 is 0 Å². The number of halogens is 1. The van der Waals surface area contributed by atoms with E-state index >= 15 is 0 Å². The van der Waals surface area contributed by atoms with Crippen molar-refractivity contribution in [2.24, 2.45) is 0 Å². The molecule has 1 unspecified atom stereocenters. The van der Waals surface area contributed by atoms with Crippen LogP contribution in [0.1, 0.15) is 34.6 Å². The first-order valence-corrected chi connectivity index (χ1v) is 12.1. The lowest BCUT2D eigenvalue weighted by molar-refractivity contribution is -0.130. The number of nitrogens with zero attached hydrogens (tertiary/aromatic N) is 1. The molecule has 0 saturated heterocycles. The fourth-order valence-corrected chi connectivity index (χ4v) is 4.70. The monoisotopic (exact) mass is 517 g/mol. The summed E-state index contributed by atoms with van der Waals surface area (Å²) < 4.78 is 16.7. The Morgan fingerprint density at radius 3 is 2.57 bits per heavy atom. The first-order chi connectivity index (χ1) is 17.9. The molecule has 1 aromatic heterocycles. The van der Waals surface area contributed by atoms with E-state index in [1.165, 1.54) is 4.90 Å². The Balaban J connectivity index is 1.58. The van der Waals surface area contributed by atoms with Gasteiger partial charge in [0.2, 0.25) is 5.78 Å². The number of hydrogen-bond acceptors (Lipinski definition) is 6. The number of aliphatic hydroxyl groups excluding tert-OH is 1. The average molecular weight is 518 g/mol. The minimum absolute atomic E-state index is 0.00359. The van der Waals surface area contributed by atoms with E-state index in [2.05, 4.69) is 0 Å². The summed E-state index contributed by atoms with van der Waals surface area (Å²) in [5, 5.41) is 12.1. The van der Waals surface area contributed by atoms with Crippen LogP contribution in [-0.2, 0) is 11.3 Å². The first-order valence-electron chi connectivity index (χ1n) is 11.7. The average Bonchev–Trinajstić information content (AvgIpc) is 3.43. The number of Topliss-reactive ketones (excluding diaryl/α,β-unsaturated/α-hetero) is 1. The van der Waals surface area contributed by atoms with Crippen LogP contribution in [-0.4, -0.2) is 35.4 Å². The third-order valence-electron chi connectivity index (χ3n) is 6.25. The first kappa shape index (κ1) is 24.5. The van der Waals surface area contributed by atoms with E-state index in [1.807, 2.05) is 19.1 Å². The maximum absolute atomic E-state index is 13.8. The zero-order valence-electron chi connectivity index (χ0n) is 20.2. The summed E-state index contributed by atoms with van der Waals surface area (Å²) in [6, 6.07) is 20.1. The van der Waals surface area contributed by atoms with Crippen molar-refractivity contribution >= 4 is 34.3 Å². The number of methoxy groups -OCH3 is 1. The van der Waals surface area contributed by atoms with Gasteiger partial charge in [-0.25, -0.2) is 0 Å². The minimum Gasteiger partial charge on any atom is -0.503 e. The van der Waals surface area contributed by atoms with Gasteiger partial charge in [-0.1, -0.05) is 35.9 Å². The van der Waals surface area contributed by atoms with E-state index in [0.717, 1.165) is 5.56 Å². The van der Waals surface area contributed by atoms with Crippen molar-refractivity contribution < 1.29 is 28.6 Å². The second kappa shape index (κ2) is 10.0. The van der Waals surface area contributed by atoms with Crippen LogP contribution in [0.15, 0.2) is 88.5 Å². The smallest absolute Gasteiger partial charge is 0.290 e. The third kappa shape index (κ3) is 4.66. The summed E-state index contributed by atoms with van der Waals surface area (Å²) in [6.45, 7) is 2.48. The largest absolute Gasteiger partial charge is 0.503 e. The standard InChI is InChI=1S/C29H24ClNO6/c1-3-36-22-6-4-5-18(14-22)26-25(27(32)24-15-19-13-20(30)9-12-23(19)37-24)28(33)29(34)31(26)16-17-7-10-21(35-2)11-8-17/h4-15,26,33H,3,16H2,1-2H3. The van der Waals surface area contributed by atoms with Crippen LogP contribution in [0.3, 0.4) is 0 Å². The molecule has 0 saturated carbocycles. The van der Waals surface area contributed by atoms with Gasteiger partial charge in [0.1, 0.15) is 17.1 Å². The van der Waals surface area contributed by atoms with Crippen molar-refractivity contribution in [2.45, 2.75) is 19.5 Å². The Morgan fingerprint density at radius 1 is 1.05 bits per heavy atom. The molecule has 1 amide bonds. The van der Waals surface area contributed by atoms with E-state index in [-0.39, 0.29) is 17.9 Å². The van der Waals surface area contributed by atoms with Crippen LogP contribution in [0.2, 0.25) is 5.02 Å². The van der Waals surface area contributed by atoms with E-state index in [1.54, 1.807) is 67.8 Å². The van der Waals surface area contributed by atoms with Gasteiger partial charge in [0.25, 0.3) is 5.91 Å². The SMILES string of the molecule is CCOc1cccc(C2C(C(=O)c3cc4cc(Cl)ccc4o3)=C(O)C(=O)N2Cc2ccc(OC)cc2)c1. The molecular formula is C29H24ClNO6. The lowest BCUT2D eigenvalue weighted by Gasteiger charge is -2.27. The van der Waals surface area contributed by atoms with Crippen molar-refractivity contribution in [1.82, 2.24) is 4.90 Å². The zero-order chi connectivity index (χ0) is 26.1. The number of ketones is 1. The number of rotatable bonds is 8. The number of fused-ring (bicyclic) bond motifs is 1. The van der Waals surface area contributed by atoms with Gasteiger partial charge in [0.15, 0.2) is 11.5 Å². The number of amides is 1. The number of ether oxygens (including phenoxy) is 2. The molecule has 8 heteroatoms. The molecule has 0 bridgehead atoms. The maximum Gasteiger partial charge on any atom is 0.290 e. The van der Waals surface area contributed by atoms with E-state index in [4.69, 9.17) is 25.5 Å². The molecule has 0 aliphatic carbocycles. The summed E-state index contributed by atoms with van der Waals surface area (Å²) >= 11 is 6.09. The highest BCUT2D eigenvalue weighted by molar-refractivity contribution is 6.31. The molecule has 5 rings (SSSR count).